The van der Waals surface area contributed by atoms with Gasteiger partial charge < -0.3 is 10.1 Å². The predicted octanol–water partition coefficient (Wildman–Crippen LogP) is 2.65. The van der Waals surface area contributed by atoms with E-state index in [0.29, 0.717) is 28.9 Å². The number of hydrogen-bond acceptors (Lipinski definition) is 3. The van der Waals surface area contributed by atoms with Gasteiger partial charge in [-0.05, 0) is 25.1 Å². The Labute approximate surface area is 122 Å². The van der Waals surface area contributed by atoms with Crippen LogP contribution in [0.2, 0.25) is 10.0 Å². The van der Waals surface area contributed by atoms with Crippen molar-refractivity contribution >= 4 is 34.8 Å². The molecule has 0 unspecified atom stereocenters. The van der Waals surface area contributed by atoms with Crippen LogP contribution < -0.4 is 5.32 Å². The van der Waals surface area contributed by atoms with E-state index in [2.05, 4.69) is 10.2 Å². The van der Waals surface area contributed by atoms with Crippen molar-refractivity contribution in [1.82, 2.24) is 4.90 Å². The molecule has 1 fully saturated rings. The molecule has 1 amide bonds. The van der Waals surface area contributed by atoms with E-state index in [0.717, 1.165) is 13.1 Å². The van der Waals surface area contributed by atoms with Crippen LogP contribution in [0.3, 0.4) is 0 Å². The molecule has 1 aliphatic rings. The van der Waals surface area contributed by atoms with Crippen LogP contribution >= 0.6 is 23.2 Å². The van der Waals surface area contributed by atoms with Crippen LogP contribution in [0.5, 0.6) is 0 Å². The van der Waals surface area contributed by atoms with Crippen molar-refractivity contribution in [2.75, 3.05) is 31.6 Å². The number of nitrogens with one attached hydrogen (secondary N) is 1. The van der Waals surface area contributed by atoms with Crippen molar-refractivity contribution in [2.45, 2.75) is 13.0 Å². The Morgan fingerprint density at radius 3 is 2.42 bits per heavy atom. The lowest BCUT2D eigenvalue weighted by Gasteiger charge is -2.31. The first-order chi connectivity index (χ1) is 9.06. The van der Waals surface area contributed by atoms with Gasteiger partial charge in [-0.1, -0.05) is 23.2 Å². The Kier molecular flexibility index (Phi) is 5.05. The van der Waals surface area contributed by atoms with Crippen LogP contribution in [0, 0.1) is 0 Å². The third-order valence-corrected chi connectivity index (χ3v) is 3.54. The maximum atomic E-state index is 12.2. The molecule has 0 spiro atoms. The average Bonchev–Trinajstić information content (AvgIpc) is 2.37. The number of nitrogens with zero attached hydrogens (tertiary/aromatic N) is 1. The first-order valence-electron chi connectivity index (χ1n) is 6.15. The number of halogens is 2. The van der Waals surface area contributed by atoms with Crippen LogP contribution in [-0.4, -0.2) is 43.2 Å². The number of carbonyl (C=O) groups excluding carboxylic acids is 1. The summed E-state index contributed by atoms with van der Waals surface area (Å²) < 4.78 is 5.27. The van der Waals surface area contributed by atoms with E-state index in [1.807, 2.05) is 6.92 Å². The minimum absolute atomic E-state index is 0.0692. The van der Waals surface area contributed by atoms with Crippen LogP contribution in [0.25, 0.3) is 0 Å². The average molecular weight is 303 g/mol. The number of morpholine rings is 1. The van der Waals surface area contributed by atoms with E-state index in [4.69, 9.17) is 27.9 Å². The smallest absolute Gasteiger partial charge is 0.241 e. The molecular weight excluding hydrogens is 287 g/mol. The van der Waals surface area contributed by atoms with Gasteiger partial charge in [-0.2, -0.15) is 0 Å². The summed E-state index contributed by atoms with van der Waals surface area (Å²) in [6, 6.07) is 4.78. The molecule has 4 nitrogen and oxygen atoms in total. The molecule has 0 radical (unpaired) electrons. The second-order valence-electron chi connectivity index (χ2n) is 4.47. The molecule has 1 heterocycles. The summed E-state index contributed by atoms with van der Waals surface area (Å²) in [5.41, 5.74) is 0.614. The van der Waals surface area contributed by atoms with Crippen molar-refractivity contribution in [3.8, 4) is 0 Å². The fourth-order valence-electron chi connectivity index (χ4n) is 2.00. The van der Waals surface area contributed by atoms with E-state index in [1.54, 1.807) is 18.2 Å². The zero-order chi connectivity index (χ0) is 13.8. The molecule has 0 aliphatic carbocycles. The first-order valence-corrected chi connectivity index (χ1v) is 6.90. The molecule has 1 atom stereocenters. The molecule has 1 aliphatic heterocycles. The Balaban J connectivity index is 1.99. The van der Waals surface area contributed by atoms with Gasteiger partial charge in [0.1, 0.15) is 0 Å². The van der Waals surface area contributed by atoms with Gasteiger partial charge in [0.2, 0.25) is 5.91 Å². The summed E-state index contributed by atoms with van der Waals surface area (Å²) in [7, 11) is 0. The Morgan fingerprint density at radius 2 is 1.84 bits per heavy atom. The van der Waals surface area contributed by atoms with Crippen molar-refractivity contribution in [3.63, 3.8) is 0 Å². The van der Waals surface area contributed by atoms with Gasteiger partial charge in [0.15, 0.2) is 0 Å². The van der Waals surface area contributed by atoms with Gasteiger partial charge in [0, 0.05) is 28.8 Å². The fraction of sp³-hybridized carbons (Fsp3) is 0.462. The highest BCUT2D eigenvalue weighted by Crippen LogP contribution is 2.22. The Bertz CT molecular complexity index is 442. The minimum atomic E-state index is -0.207. The van der Waals surface area contributed by atoms with E-state index < -0.39 is 0 Å². The topological polar surface area (TPSA) is 41.6 Å². The van der Waals surface area contributed by atoms with Crippen molar-refractivity contribution < 1.29 is 9.53 Å². The van der Waals surface area contributed by atoms with Gasteiger partial charge in [-0.25, -0.2) is 0 Å². The van der Waals surface area contributed by atoms with Crippen LogP contribution in [0.15, 0.2) is 18.2 Å². The second kappa shape index (κ2) is 6.57. The molecule has 6 heteroatoms. The van der Waals surface area contributed by atoms with E-state index in [9.17, 15) is 4.79 Å². The SMILES string of the molecule is C[C@@H](C(=O)Nc1cc(Cl)cc(Cl)c1)N1CCOCC1. The van der Waals surface area contributed by atoms with Gasteiger partial charge in [0.25, 0.3) is 0 Å². The fourth-order valence-corrected chi connectivity index (χ4v) is 2.53. The molecule has 1 aromatic carbocycles. The summed E-state index contributed by atoms with van der Waals surface area (Å²) in [6.45, 7) is 4.75. The lowest BCUT2D eigenvalue weighted by Crippen LogP contribution is -2.47. The monoisotopic (exact) mass is 302 g/mol. The number of hydrogen-bond donors (Lipinski definition) is 1. The highest BCUT2D eigenvalue weighted by Gasteiger charge is 2.23. The number of anilines is 1. The lowest BCUT2D eigenvalue weighted by molar-refractivity contribution is -0.122. The van der Waals surface area contributed by atoms with Crippen molar-refractivity contribution in [1.29, 1.82) is 0 Å². The highest BCUT2D eigenvalue weighted by molar-refractivity contribution is 6.35. The summed E-state index contributed by atoms with van der Waals surface area (Å²) in [5, 5.41) is 3.83. The standard InChI is InChI=1S/C13H16Cl2N2O2/c1-9(17-2-4-19-5-3-17)13(18)16-12-7-10(14)6-11(15)8-12/h6-9H,2-5H2,1H3,(H,16,18)/t9-/m0/s1. The third-order valence-electron chi connectivity index (χ3n) is 3.10. The van der Waals surface area contributed by atoms with E-state index in [-0.39, 0.29) is 11.9 Å². The van der Waals surface area contributed by atoms with Crippen molar-refractivity contribution in [2.24, 2.45) is 0 Å². The maximum absolute atomic E-state index is 12.2. The zero-order valence-corrected chi connectivity index (χ0v) is 12.2. The van der Waals surface area contributed by atoms with Gasteiger partial charge >= 0.3 is 0 Å². The normalized spacial score (nSPS) is 18.1. The summed E-state index contributed by atoms with van der Waals surface area (Å²) in [4.78, 5) is 14.2. The molecule has 104 valence electrons. The van der Waals surface area contributed by atoms with Gasteiger partial charge in [-0.15, -0.1) is 0 Å². The summed E-state index contributed by atoms with van der Waals surface area (Å²) in [6.07, 6.45) is 0. The van der Waals surface area contributed by atoms with Gasteiger partial charge in [0.05, 0.1) is 19.3 Å². The summed E-state index contributed by atoms with van der Waals surface area (Å²) >= 11 is 11.8. The number of rotatable bonds is 3. The number of amides is 1. The number of carbonyl (C=O) groups is 1. The molecule has 1 aromatic rings. The van der Waals surface area contributed by atoms with Crippen LogP contribution in [-0.2, 0) is 9.53 Å². The van der Waals surface area contributed by atoms with E-state index >= 15 is 0 Å². The molecular formula is C13H16Cl2N2O2. The number of benzene rings is 1. The zero-order valence-electron chi connectivity index (χ0n) is 10.7. The second-order valence-corrected chi connectivity index (χ2v) is 5.34. The third kappa shape index (κ3) is 4.08. The first kappa shape index (κ1) is 14.6. The summed E-state index contributed by atoms with van der Waals surface area (Å²) in [5.74, 6) is -0.0692. The molecule has 19 heavy (non-hydrogen) atoms. The lowest BCUT2D eigenvalue weighted by atomic mass is 10.2. The molecule has 1 saturated heterocycles. The highest BCUT2D eigenvalue weighted by atomic mass is 35.5. The molecule has 1 N–H and O–H groups in total. The van der Waals surface area contributed by atoms with E-state index in [1.165, 1.54) is 0 Å². The minimum Gasteiger partial charge on any atom is -0.379 e. The molecule has 0 bridgehead atoms. The Morgan fingerprint density at radius 1 is 1.26 bits per heavy atom. The molecule has 0 aromatic heterocycles. The van der Waals surface area contributed by atoms with Crippen LogP contribution in [0.1, 0.15) is 6.92 Å². The molecule has 0 saturated carbocycles. The molecule has 2 rings (SSSR count). The maximum Gasteiger partial charge on any atom is 0.241 e. The van der Waals surface area contributed by atoms with Crippen LogP contribution in [0.4, 0.5) is 5.69 Å². The van der Waals surface area contributed by atoms with Crippen molar-refractivity contribution in [3.05, 3.63) is 28.2 Å². The quantitative estimate of drug-likeness (QED) is 0.933. The largest absolute Gasteiger partial charge is 0.379 e. The number of ether oxygens (including phenoxy) is 1. The predicted molar refractivity (Wildman–Crippen MR) is 76.9 cm³/mol. The van der Waals surface area contributed by atoms with Gasteiger partial charge in [-0.3, -0.25) is 9.69 Å². The Hall–Kier alpha value is -0.810.